The van der Waals surface area contributed by atoms with E-state index >= 15 is 0 Å². The largest absolute Gasteiger partial charge is 0.452 e. The molecule has 3 amide bonds. The van der Waals surface area contributed by atoms with Crippen LogP contribution in [0.3, 0.4) is 0 Å². The zero-order chi connectivity index (χ0) is 23.5. The SMILES string of the molecule is Cc1ccccc1N1C(=O)c2ccc(C(=O)OCC(=O)NCc3ccccc3Cl)cc2C1=O. The molecule has 0 saturated carbocycles. The smallest absolute Gasteiger partial charge is 0.338 e. The van der Waals surface area contributed by atoms with Crippen LogP contribution < -0.4 is 10.2 Å². The number of imide groups is 1. The number of carbonyl (C=O) groups excluding carboxylic acids is 4. The van der Waals surface area contributed by atoms with Gasteiger partial charge in [-0.3, -0.25) is 14.4 Å². The van der Waals surface area contributed by atoms with E-state index in [0.717, 1.165) is 16.0 Å². The van der Waals surface area contributed by atoms with Crippen molar-refractivity contribution in [1.29, 1.82) is 0 Å². The van der Waals surface area contributed by atoms with Gasteiger partial charge in [-0.25, -0.2) is 9.69 Å². The molecule has 7 nitrogen and oxygen atoms in total. The fourth-order valence-corrected chi connectivity index (χ4v) is 3.70. The minimum absolute atomic E-state index is 0.0698. The van der Waals surface area contributed by atoms with Crippen LogP contribution in [0.5, 0.6) is 0 Å². The van der Waals surface area contributed by atoms with Crippen molar-refractivity contribution < 1.29 is 23.9 Å². The van der Waals surface area contributed by atoms with Crippen LogP contribution in [-0.2, 0) is 16.1 Å². The lowest BCUT2D eigenvalue weighted by atomic mass is 10.1. The average molecular weight is 463 g/mol. The van der Waals surface area contributed by atoms with Crippen LogP contribution >= 0.6 is 11.6 Å². The number of carbonyl (C=O) groups is 4. The predicted molar refractivity (Wildman–Crippen MR) is 122 cm³/mol. The molecule has 33 heavy (non-hydrogen) atoms. The predicted octanol–water partition coefficient (Wildman–Crippen LogP) is 3.92. The van der Waals surface area contributed by atoms with Gasteiger partial charge in [-0.05, 0) is 48.4 Å². The number of aryl methyl sites for hydroxylation is 1. The van der Waals surface area contributed by atoms with Gasteiger partial charge < -0.3 is 10.1 Å². The van der Waals surface area contributed by atoms with Crippen LogP contribution in [0, 0.1) is 6.92 Å². The third-order valence-electron chi connectivity index (χ3n) is 5.25. The Morgan fingerprint density at radius 3 is 2.39 bits per heavy atom. The molecule has 1 aliphatic rings. The third-order valence-corrected chi connectivity index (χ3v) is 5.62. The molecule has 0 fully saturated rings. The lowest BCUT2D eigenvalue weighted by molar-refractivity contribution is -0.124. The molecule has 0 radical (unpaired) electrons. The molecule has 8 heteroatoms. The Labute approximate surface area is 194 Å². The summed E-state index contributed by atoms with van der Waals surface area (Å²) < 4.78 is 5.07. The van der Waals surface area contributed by atoms with E-state index in [0.29, 0.717) is 10.7 Å². The number of anilines is 1. The number of ether oxygens (including phenoxy) is 1. The maximum absolute atomic E-state index is 12.9. The molecule has 1 aliphatic heterocycles. The Morgan fingerprint density at radius 1 is 0.939 bits per heavy atom. The van der Waals surface area contributed by atoms with Crippen molar-refractivity contribution in [3.8, 4) is 0 Å². The van der Waals surface area contributed by atoms with Crippen molar-refractivity contribution >= 4 is 41.0 Å². The maximum atomic E-state index is 12.9. The zero-order valence-corrected chi connectivity index (χ0v) is 18.4. The second kappa shape index (κ2) is 9.26. The summed E-state index contributed by atoms with van der Waals surface area (Å²) in [5.41, 5.74) is 2.38. The van der Waals surface area contributed by atoms with Crippen LogP contribution in [0.25, 0.3) is 0 Å². The minimum atomic E-state index is -0.778. The van der Waals surface area contributed by atoms with E-state index < -0.39 is 30.3 Å². The standard InChI is InChI=1S/C25H19ClN2O5/c1-15-6-2-5-9-21(15)28-23(30)18-11-10-16(12-19(18)24(28)31)25(32)33-14-22(29)27-13-17-7-3-4-8-20(17)26/h2-12H,13-14H2,1H3,(H,27,29). The highest BCUT2D eigenvalue weighted by atomic mass is 35.5. The number of esters is 1. The molecule has 4 rings (SSSR count). The average Bonchev–Trinajstić information content (AvgIpc) is 3.06. The second-order valence-electron chi connectivity index (χ2n) is 7.44. The molecule has 3 aromatic carbocycles. The summed E-state index contributed by atoms with van der Waals surface area (Å²) in [7, 11) is 0. The van der Waals surface area contributed by atoms with E-state index in [4.69, 9.17) is 16.3 Å². The zero-order valence-electron chi connectivity index (χ0n) is 17.6. The molecule has 166 valence electrons. The summed E-state index contributed by atoms with van der Waals surface area (Å²) in [6, 6.07) is 18.3. The first-order chi connectivity index (χ1) is 15.9. The molecule has 0 atom stereocenters. The van der Waals surface area contributed by atoms with E-state index in [1.54, 1.807) is 49.4 Å². The highest BCUT2D eigenvalue weighted by Crippen LogP contribution is 2.31. The lowest BCUT2D eigenvalue weighted by Crippen LogP contribution is -2.30. The number of benzene rings is 3. The Bertz CT molecular complexity index is 1290. The van der Waals surface area contributed by atoms with Crippen LogP contribution in [0.4, 0.5) is 5.69 Å². The number of nitrogens with zero attached hydrogens (tertiary/aromatic N) is 1. The summed E-state index contributed by atoms with van der Waals surface area (Å²) in [6.45, 7) is 1.50. The van der Waals surface area contributed by atoms with E-state index in [1.807, 2.05) is 6.07 Å². The van der Waals surface area contributed by atoms with Gasteiger partial charge in [-0.2, -0.15) is 0 Å². The highest BCUT2D eigenvalue weighted by Gasteiger charge is 2.37. The van der Waals surface area contributed by atoms with Gasteiger partial charge in [-0.15, -0.1) is 0 Å². The molecule has 1 N–H and O–H groups in total. The molecular formula is C25H19ClN2O5. The maximum Gasteiger partial charge on any atom is 0.338 e. The normalized spacial score (nSPS) is 12.5. The first-order valence-corrected chi connectivity index (χ1v) is 10.5. The number of hydrogen-bond donors (Lipinski definition) is 1. The summed E-state index contributed by atoms with van der Waals surface area (Å²) in [6.07, 6.45) is 0. The molecule has 0 spiro atoms. The number of halogens is 1. The Morgan fingerprint density at radius 2 is 1.64 bits per heavy atom. The summed E-state index contributed by atoms with van der Waals surface area (Å²) >= 11 is 6.05. The first kappa shape index (κ1) is 22.2. The summed E-state index contributed by atoms with van der Waals surface area (Å²) in [5.74, 6) is -2.25. The molecule has 0 aromatic heterocycles. The number of rotatable bonds is 6. The van der Waals surface area contributed by atoms with E-state index in [1.165, 1.54) is 18.2 Å². The highest BCUT2D eigenvalue weighted by molar-refractivity contribution is 6.35. The number of nitrogens with one attached hydrogen (secondary N) is 1. The fraction of sp³-hybridized carbons (Fsp3) is 0.120. The number of fused-ring (bicyclic) bond motifs is 1. The number of hydrogen-bond acceptors (Lipinski definition) is 5. The van der Waals surface area contributed by atoms with E-state index in [-0.39, 0.29) is 23.2 Å². The van der Waals surface area contributed by atoms with Gasteiger partial charge in [0.1, 0.15) is 0 Å². The molecule has 0 saturated heterocycles. The number of para-hydroxylation sites is 1. The van der Waals surface area contributed by atoms with Gasteiger partial charge in [0.25, 0.3) is 17.7 Å². The second-order valence-corrected chi connectivity index (χ2v) is 7.84. The third kappa shape index (κ3) is 4.49. The Balaban J connectivity index is 1.41. The molecule has 1 heterocycles. The molecular weight excluding hydrogens is 444 g/mol. The van der Waals surface area contributed by atoms with Crippen LogP contribution in [-0.4, -0.2) is 30.3 Å². The van der Waals surface area contributed by atoms with E-state index in [2.05, 4.69) is 5.32 Å². The van der Waals surface area contributed by atoms with Gasteiger partial charge in [0.2, 0.25) is 0 Å². The topological polar surface area (TPSA) is 92.8 Å². The van der Waals surface area contributed by atoms with Gasteiger partial charge in [0.05, 0.1) is 22.4 Å². The Kier molecular flexibility index (Phi) is 6.24. The van der Waals surface area contributed by atoms with Crippen molar-refractivity contribution in [1.82, 2.24) is 5.32 Å². The fourth-order valence-electron chi connectivity index (χ4n) is 3.50. The molecule has 0 unspecified atom stereocenters. The molecule has 0 aliphatic carbocycles. The van der Waals surface area contributed by atoms with Gasteiger partial charge in [0, 0.05) is 11.6 Å². The molecule has 0 bridgehead atoms. The van der Waals surface area contributed by atoms with Crippen LogP contribution in [0.15, 0.2) is 66.7 Å². The van der Waals surface area contributed by atoms with Crippen molar-refractivity contribution in [2.75, 3.05) is 11.5 Å². The van der Waals surface area contributed by atoms with Crippen LogP contribution in [0.2, 0.25) is 5.02 Å². The summed E-state index contributed by atoms with van der Waals surface area (Å²) in [5, 5.41) is 3.14. The van der Waals surface area contributed by atoms with Crippen molar-refractivity contribution in [3.05, 3.63) is 99.6 Å². The lowest BCUT2D eigenvalue weighted by Gasteiger charge is -2.16. The van der Waals surface area contributed by atoms with Crippen molar-refractivity contribution in [2.24, 2.45) is 0 Å². The Hall–Kier alpha value is -3.97. The van der Waals surface area contributed by atoms with Gasteiger partial charge in [0.15, 0.2) is 6.61 Å². The number of amides is 3. The van der Waals surface area contributed by atoms with Crippen molar-refractivity contribution in [2.45, 2.75) is 13.5 Å². The van der Waals surface area contributed by atoms with Gasteiger partial charge in [-0.1, -0.05) is 48.0 Å². The van der Waals surface area contributed by atoms with E-state index in [9.17, 15) is 19.2 Å². The van der Waals surface area contributed by atoms with Crippen LogP contribution in [0.1, 0.15) is 42.2 Å². The first-order valence-electron chi connectivity index (χ1n) is 10.1. The van der Waals surface area contributed by atoms with Crippen molar-refractivity contribution in [3.63, 3.8) is 0 Å². The van der Waals surface area contributed by atoms with Gasteiger partial charge >= 0.3 is 5.97 Å². The minimum Gasteiger partial charge on any atom is -0.452 e. The molecule has 3 aromatic rings. The monoisotopic (exact) mass is 462 g/mol. The summed E-state index contributed by atoms with van der Waals surface area (Å²) in [4.78, 5) is 51.3. The quantitative estimate of drug-likeness (QED) is 0.442.